The van der Waals surface area contributed by atoms with Crippen LogP contribution in [0.2, 0.25) is 0 Å². The molecule has 0 radical (unpaired) electrons. The molecule has 1 aliphatic rings. The highest BCUT2D eigenvalue weighted by molar-refractivity contribution is 5.93. The Hall–Kier alpha value is -2.28. The van der Waals surface area contributed by atoms with Crippen molar-refractivity contribution in [3.8, 4) is 5.75 Å². The van der Waals surface area contributed by atoms with Crippen molar-refractivity contribution in [1.29, 1.82) is 0 Å². The summed E-state index contributed by atoms with van der Waals surface area (Å²) in [6.45, 7) is 10.2. The smallest absolute Gasteiger partial charge is 0.410 e. The Morgan fingerprint density at radius 3 is 2.38 bits per heavy atom. The Morgan fingerprint density at radius 2 is 1.81 bits per heavy atom. The molecule has 1 aromatic carbocycles. The van der Waals surface area contributed by atoms with Crippen molar-refractivity contribution >= 4 is 17.7 Å². The monoisotopic (exact) mass is 363 g/mol. The number of carbonyl (C=O) groups excluding carboxylic acids is 2. The molecule has 0 spiro atoms. The minimum atomic E-state index is -0.499. The van der Waals surface area contributed by atoms with Crippen LogP contribution < -0.4 is 10.1 Å². The van der Waals surface area contributed by atoms with Crippen molar-refractivity contribution in [2.45, 2.75) is 33.3 Å². The van der Waals surface area contributed by atoms with E-state index in [2.05, 4.69) is 5.32 Å². The molecule has 2 amide bonds. The van der Waals surface area contributed by atoms with Gasteiger partial charge in [0.1, 0.15) is 11.4 Å². The second-order valence-corrected chi connectivity index (χ2v) is 7.50. The molecule has 0 unspecified atom stereocenters. The third-order valence-corrected chi connectivity index (χ3v) is 4.02. The molecule has 1 aromatic rings. The van der Waals surface area contributed by atoms with E-state index in [-0.39, 0.29) is 18.5 Å². The maximum atomic E-state index is 12.3. The van der Waals surface area contributed by atoms with E-state index in [0.717, 1.165) is 5.56 Å². The summed E-state index contributed by atoms with van der Waals surface area (Å²) in [6, 6.07) is 5.66. The van der Waals surface area contributed by atoms with Gasteiger partial charge in [-0.3, -0.25) is 9.69 Å². The highest BCUT2D eigenvalue weighted by atomic mass is 16.6. The lowest BCUT2D eigenvalue weighted by atomic mass is 10.2. The van der Waals surface area contributed by atoms with Crippen molar-refractivity contribution < 1.29 is 19.1 Å². The van der Waals surface area contributed by atoms with Gasteiger partial charge in [-0.25, -0.2) is 4.79 Å². The molecule has 0 aromatic heterocycles. The highest BCUT2D eigenvalue weighted by Gasteiger charge is 2.26. The first-order valence-corrected chi connectivity index (χ1v) is 8.83. The number of hydrogen-bond acceptors (Lipinski definition) is 5. The molecule has 1 fully saturated rings. The number of piperazine rings is 1. The molecule has 1 N–H and O–H groups in total. The number of amides is 2. The Balaban J connectivity index is 1.83. The number of anilines is 1. The minimum absolute atomic E-state index is 0.0976. The summed E-state index contributed by atoms with van der Waals surface area (Å²) in [6.07, 6.45) is -0.300. The third kappa shape index (κ3) is 5.91. The quantitative estimate of drug-likeness (QED) is 0.890. The predicted molar refractivity (Wildman–Crippen MR) is 101 cm³/mol. The molecule has 7 nitrogen and oxygen atoms in total. The molecule has 2 rings (SSSR count). The first-order chi connectivity index (χ1) is 12.2. The van der Waals surface area contributed by atoms with Crippen molar-refractivity contribution in [2.24, 2.45) is 0 Å². The topological polar surface area (TPSA) is 71.1 Å². The van der Waals surface area contributed by atoms with E-state index in [1.165, 1.54) is 0 Å². The van der Waals surface area contributed by atoms with E-state index in [1.54, 1.807) is 12.0 Å². The lowest BCUT2D eigenvalue weighted by Gasteiger charge is -2.35. The molecule has 0 bridgehead atoms. The Labute approximate surface area is 155 Å². The standard InChI is InChI=1S/C19H29N3O4/c1-14-6-7-16(25-5)15(12-14)20-17(23)13-21-8-10-22(11-9-21)18(24)26-19(2,3)4/h6-7,12H,8-11,13H2,1-5H3,(H,20,23). The van der Waals surface area contributed by atoms with Crippen LogP contribution in [0.5, 0.6) is 5.75 Å². The lowest BCUT2D eigenvalue weighted by Crippen LogP contribution is -2.51. The van der Waals surface area contributed by atoms with Crippen molar-refractivity contribution in [3.63, 3.8) is 0 Å². The van der Waals surface area contributed by atoms with Gasteiger partial charge in [0.25, 0.3) is 0 Å². The number of ether oxygens (including phenoxy) is 2. The van der Waals surface area contributed by atoms with E-state index in [9.17, 15) is 9.59 Å². The number of carbonyl (C=O) groups is 2. The molecule has 1 aliphatic heterocycles. The zero-order valence-electron chi connectivity index (χ0n) is 16.3. The van der Waals surface area contributed by atoms with Crippen LogP contribution in [0, 0.1) is 6.92 Å². The van der Waals surface area contributed by atoms with E-state index in [4.69, 9.17) is 9.47 Å². The molecule has 1 heterocycles. The number of aryl methyl sites for hydroxylation is 1. The summed E-state index contributed by atoms with van der Waals surface area (Å²) in [5.74, 6) is 0.540. The minimum Gasteiger partial charge on any atom is -0.495 e. The van der Waals surface area contributed by atoms with E-state index < -0.39 is 5.60 Å². The van der Waals surface area contributed by atoms with Crippen LogP contribution in [0.25, 0.3) is 0 Å². The van der Waals surface area contributed by atoms with Gasteiger partial charge in [-0.1, -0.05) is 6.07 Å². The SMILES string of the molecule is COc1ccc(C)cc1NC(=O)CN1CCN(C(=O)OC(C)(C)C)CC1. The largest absolute Gasteiger partial charge is 0.495 e. The zero-order valence-corrected chi connectivity index (χ0v) is 16.3. The Bertz CT molecular complexity index is 647. The number of benzene rings is 1. The average molecular weight is 363 g/mol. The molecule has 0 saturated carbocycles. The third-order valence-electron chi connectivity index (χ3n) is 4.02. The fourth-order valence-corrected chi connectivity index (χ4v) is 2.73. The molecule has 144 valence electrons. The van der Waals surface area contributed by atoms with Gasteiger partial charge in [-0.15, -0.1) is 0 Å². The van der Waals surface area contributed by atoms with E-state index in [0.29, 0.717) is 37.6 Å². The highest BCUT2D eigenvalue weighted by Crippen LogP contribution is 2.25. The summed E-state index contributed by atoms with van der Waals surface area (Å²) < 4.78 is 10.7. The summed E-state index contributed by atoms with van der Waals surface area (Å²) in [5.41, 5.74) is 1.22. The van der Waals surface area contributed by atoms with Crippen LogP contribution in [0.15, 0.2) is 18.2 Å². The Kier molecular flexibility index (Phi) is 6.47. The van der Waals surface area contributed by atoms with Gasteiger partial charge in [0, 0.05) is 26.2 Å². The molecular formula is C19H29N3O4. The maximum Gasteiger partial charge on any atom is 0.410 e. The second-order valence-electron chi connectivity index (χ2n) is 7.50. The van der Waals surface area contributed by atoms with Gasteiger partial charge in [-0.2, -0.15) is 0 Å². The predicted octanol–water partition coefficient (Wildman–Crippen LogP) is 2.49. The molecule has 26 heavy (non-hydrogen) atoms. The molecule has 7 heteroatoms. The normalized spacial score (nSPS) is 15.5. The van der Waals surface area contributed by atoms with Crippen LogP contribution in [-0.4, -0.2) is 67.2 Å². The molecule has 1 saturated heterocycles. The van der Waals surface area contributed by atoms with Gasteiger partial charge in [0.05, 0.1) is 19.3 Å². The first-order valence-electron chi connectivity index (χ1n) is 8.83. The van der Waals surface area contributed by atoms with Crippen LogP contribution in [0.1, 0.15) is 26.3 Å². The summed E-state index contributed by atoms with van der Waals surface area (Å²) in [7, 11) is 1.58. The fraction of sp³-hybridized carbons (Fsp3) is 0.579. The fourth-order valence-electron chi connectivity index (χ4n) is 2.73. The number of nitrogens with zero attached hydrogens (tertiary/aromatic N) is 2. The zero-order chi connectivity index (χ0) is 19.3. The Morgan fingerprint density at radius 1 is 1.15 bits per heavy atom. The number of nitrogens with one attached hydrogen (secondary N) is 1. The van der Waals surface area contributed by atoms with E-state index in [1.807, 2.05) is 50.8 Å². The van der Waals surface area contributed by atoms with Crippen LogP contribution in [-0.2, 0) is 9.53 Å². The lowest BCUT2D eigenvalue weighted by molar-refractivity contribution is -0.117. The number of rotatable bonds is 4. The first kappa shape index (κ1) is 20.0. The van der Waals surface area contributed by atoms with Crippen LogP contribution >= 0.6 is 0 Å². The summed E-state index contributed by atoms with van der Waals surface area (Å²) in [4.78, 5) is 28.1. The van der Waals surface area contributed by atoms with Crippen LogP contribution in [0.4, 0.5) is 10.5 Å². The number of methoxy groups -OCH3 is 1. The van der Waals surface area contributed by atoms with Crippen molar-refractivity contribution in [2.75, 3.05) is 45.2 Å². The summed E-state index contributed by atoms with van der Waals surface area (Å²) >= 11 is 0. The molecule has 0 atom stereocenters. The average Bonchev–Trinajstić information content (AvgIpc) is 2.54. The van der Waals surface area contributed by atoms with Crippen molar-refractivity contribution in [1.82, 2.24) is 9.80 Å². The van der Waals surface area contributed by atoms with Gasteiger partial charge < -0.3 is 19.7 Å². The summed E-state index contributed by atoms with van der Waals surface area (Å²) in [5, 5.41) is 2.90. The van der Waals surface area contributed by atoms with Gasteiger partial charge in [-0.05, 0) is 45.4 Å². The van der Waals surface area contributed by atoms with Gasteiger partial charge in [0.15, 0.2) is 0 Å². The van der Waals surface area contributed by atoms with E-state index >= 15 is 0 Å². The van der Waals surface area contributed by atoms with Gasteiger partial charge >= 0.3 is 6.09 Å². The second kappa shape index (κ2) is 8.40. The molecule has 0 aliphatic carbocycles. The van der Waals surface area contributed by atoms with Crippen LogP contribution in [0.3, 0.4) is 0 Å². The number of hydrogen-bond donors (Lipinski definition) is 1. The van der Waals surface area contributed by atoms with Crippen molar-refractivity contribution in [3.05, 3.63) is 23.8 Å². The molecular weight excluding hydrogens is 334 g/mol. The van der Waals surface area contributed by atoms with Gasteiger partial charge in [0.2, 0.25) is 5.91 Å². The maximum absolute atomic E-state index is 12.3.